The molecule has 0 atom stereocenters. The SMILES string of the molecule is CN(C(=O)OC(C)(C)C)C1CCC(N2CCc3ccc(N=C(N)c4cccs4)cc32)CC1. The van der Waals surface area contributed by atoms with Gasteiger partial charge in [-0.2, -0.15) is 0 Å². The quantitative estimate of drug-likeness (QED) is 0.501. The Bertz CT molecular complexity index is 972. The van der Waals surface area contributed by atoms with Crippen LogP contribution in [0, 0.1) is 0 Å². The minimum absolute atomic E-state index is 0.224. The van der Waals surface area contributed by atoms with Gasteiger partial charge in [0.25, 0.3) is 0 Å². The minimum atomic E-state index is -0.463. The van der Waals surface area contributed by atoms with E-state index in [0.717, 1.165) is 49.2 Å². The molecule has 172 valence electrons. The maximum Gasteiger partial charge on any atom is 0.410 e. The van der Waals surface area contributed by atoms with E-state index >= 15 is 0 Å². The number of hydrogen-bond acceptors (Lipinski definition) is 5. The number of amides is 1. The molecule has 0 spiro atoms. The molecule has 32 heavy (non-hydrogen) atoms. The number of carbonyl (C=O) groups excluding carboxylic acids is 1. The molecule has 1 aromatic heterocycles. The molecule has 6 nitrogen and oxygen atoms in total. The largest absolute Gasteiger partial charge is 0.444 e. The average Bonchev–Trinajstić information content (AvgIpc) is 3.42. The fourth-order valence-electron chi connectivity index (χ4n) is 4.70. The van der Waals surface area contributed by atoms with E-state index in [0.29, 0.717) is 11.9 Å². The van der Waals surface area contributed by atoms with Gasteiger partial charge in [-0.15, -0.1) is 11.3 Å². The lowest BCUT2D eigenvalue weighted by atomic mass is 9.89. The minimum Gasteiger partial charge on any atom is -0.444 e. The van der Waals surface area contributed by atoms with Gasteiger partial charge in [-0.25, -0.2) is 9.79 Å². The number of carbonyl (C=O) groups is 1. The molecule has 0 radical (unpaired) electrons. The van der Waals surface area contributed by atoms with Crippen molar-refractivity contribution in [3.8, 4) is 0 Å². The summed E-state index contributed by atoms with van der Waals surface area (Å²) in [4.78, 5) is 22.4. The summed E-state index contributed by atoms with van der Waals surface area (Å²) in [6, 6.07) is 11.2. The molecule has 0 bridgehead atoms. The number of nitrogens with zero attached hydrogens (tertiary/aromatic N) is 3. The van der Waals surface area contributed by atoms with Gasteiger partial charge in [-0.1, -0.05) is 12.1 Å². The highest BCUT2D eigenvalue weighted by Gasteiger charge is 2.33. The Morgan fingerprint density at radius 1 is 1.22 bits per heavy atom. The number of nitrogens with two attached hydrogens (primary N) is 1. The van der Waals surface area contributed by atoms with Crippen molar-refractivity contribution in [3.05, 3.63) is 46.2 Å². The zero-order chi connectivity index (χ0) is 22.9. The summed E-state index contributed by atoms with van der Waals surface area (Å²) in [5, 5.41) is 2.01. The third-order valence-electron chi connectivity index (χ3n) is 6.36. The second kappa shape index (κ2) is 9.14. The number of amidine groups is 1. The average molecular weight is 455 g/mol. The highest BCUT2D eigenvalue weighted by molar-refractivity contribution is 7.12. The van der Waals surface area contributed by atoms with Gasteiger partial charge >= 0.3 is 6.09 Å². The van der Waals surface area contributed by atoms with Gasteiger partial charge in [0.2, 0.25) is 0 Å². The number of fused-ring (bicyclic) bond motifs is 1. The number of hydrogen-bond donors (Lipinski definition) is 1. The highest BCUT2D eigenvalue weighted by Crippen LogP contribution is 2.37. The van der Waals surface area contributed by atoms with Crippen LogP contribution in [0.5, 0.6) is 0 Å². The van der Waals surface area contributed by atoms with Crippen LogP contribution in [0.3, 0.4) is 0 Å². The number of benzene rings is 1. The van der Waals surface area contributed by atoms with Crippen molar-refractivity contribution in [2.24, 2.45) is 10.7 Å². The van der Waals surface area contributed by atoms with Crippen LogP contribution in [-0.4, -0.2) is 48.1 Å². The standard InChI is InChI=1S/C25H34N4O2S/c1-25(2,3)31-24(30)28(4)19-9-11-20(12-10-19)29-14-13-17-7-8-18(16-21(17)29)27-23(26)22-6-5-15-32-22/h5-8,15-16,19-20H,9-14H2,1-4H3,(H2,26,27). The molecule has 2 aromatic rings. The number of aliphatic imine (C=N–C) groups is 1. The fourth-order valence-corrected chi connectivity index (χ4v) is 5.33. The lowest BCUT2D eigenvalue weighted by Gasteiger charge is -2.39. The van der Waals surface area contributed by atoms with Crippen molar-refractivity contribution in [2.75, 3.05) is 18.5 Å². The van der Waals surface area contributed by atoms with Gasteiger partial charge in [-0.3, -0.25) is 0 Å². The first-order chi connectivity index (χ1) is 15.2. The van der Waals surface area contributed by atoms with Crippen molar-refractivity contribution >= 4 is 34.6 Å². The van der Waals surface area contributed by atoms with Crippen LogP contribution in [0.2, 0.25) is 0 Å². The summed E-state index contributed by atoms with van der Waals surface area (Å²) in [6.45, 7) is 6.77. The molecule has 1 fully saturated rings. The summed E-state index contributed by atoms with van der Waals surface area (Å²) >= 11 is 1.60. The van der Waals surface area contributed by atoms with E-state index in [-0.39, 0.29) is 12.1 Å². The Balaban J connectivity index is 1.41. The first-order valence-corrected chi connectivity index (χ1v) is 12.3. The first-order valence-electron chi connectivity index (χ1n) is 11.4. The Kier molecular flexibility index (Phi) is 6.47. The number of ether oxygens (including phenoxy) is 1. The van der Waals surface area contributed by atoms with Gasteiger partial charge in [-0.05, 0) is 82.0 Å². The summed E-state index contributed by atoms with van der Waals surface area (Å²) in [5.41, 5.74) is 9.31. The molecule has 2 aliphatic rings. The third-order valence-corrected chi connectivity index (χ3v) is 7.25. The van der Waals surface area contributed by atoms with Gasteiger partial charge in [0.05, 0.1) is 10.6 Å². The van der Waals surface area contributed by atoms with E-state index in [1.807, 2.05) is 45.3 Å². The van der Waals surface area contributed by atoms with Crippen molar-refractivity contribution < 1.29 is 9.53 Å². The summed E-state index contributed by atoms with van der Waals surface area (Å²) in [6.07, 6.45) is 4.98. The topological polar surface area (TPSA) is 71.2 Å². The highest BCUT2D eigenvalue weighted by atomic mass is 32.1. The fraction of sp³-hybridized carbons (Fsp3) is 0.520. The lowest BCUT2D eigenvalue weighted by molar-refractivity contribution is 0.0183. The summed E-state index contributed by atoms with van der Waals surface area (Å²) < 4.78 is 5.55. The Morgan fingerprint density at radius 3 is 2.62 bits per heavy atom. The maximum atomic E-state index is 12.4. The van der Waals surface area contributed by atoms with E-state index in [4.69, 9.17) is 10.5 Å². The summed E-state index contributed by atoms with van der Waals surface area (Å²) in [5.74, 6) is 0.565. The Hall–Kier alpha value is -2.54. The molecule has 2 heterocycles. The van der Waals surface area contributed by atoms with Crippen molar-refractivity contribution in [2.45, 2.75) is 70.6 Å². The molecular weight excluding hydrogens is 420 g/mol. The Labute approximate surface area is 195 Å². The Morgan fingerprint density at radius 2 is 1.97 bits per heavy atom. The van der Waals surface area contributed by atoms with Crippen LogP contribution in [0.1, 0.15) is 56.9 Å². The molecule has 1 aliphatic carbocycles. The van der Waals surface area contributed by atoms with Gasteiger partial charge in [0, 0.05) is 31.4 Å². The molecule has 1 saturated carbocycles. The maximum absolute atomic E-state index is 12.4. The third kappa shape index (κ3) is 5.09. The first kappa shape index (κ1) is 22.6. The van der Waals surface area contributed by atoms with Gasteiger partial charge in [0.1, 0.15) is 11.4 Å². The normalized spacial score (nSPS) is 21.4. The van der Waals surface area contributed by atoms with Crippen LogP contribution in [0.15, 0.2) is 40.7 Å². The molecule has 1 aromatic carbocycles. The second-order valence-corrected chi connectivity index (χ2v) is 10.7. The van der Waals surface area contributed by atoms with Crippen LogP contribution < -0.4 is 10.6 Å². The van der Waals surface area contributed by atoms with Crippen LogP contribution >= 0.6 is 11.3 Å². The molecular formula is C25H34N4O2S. The zero-order valence-electron chi connectivity index (χ0n) is 19.5. The molecule has 4 rings (SSSR count). The van der Waals surface area contributed by atoms with E-state index in [1.165, 1.54) is 11.3 Å². The van der Waals surface area contributed by atoms with Crippen molar-refractivity contribution in [1.82, 2.24) is 4.90 Å². The van der Waals surface area contributed by atoms with E-state index in [2.05, 4.69) is 28.1 Å². The molecule has 1 aliphatic heterocycles. The van der Waals surface area contributed by atoms with Crippen molar-refractivity contribution in [3.63, 3.8) is 0 Å². The smallest absolute Gasteiger partial charge is 0.410 e. The zero-order valence-corrected chi connectivity index (χ0v) is 20.3. The van der Waals surface area contributed by atoms with Gasteiger partial charge in [0.15, 0.2) is 0 Å². The molecule has 0 saturated heterocycles. The second-order valence-electron chi connectivity index (χ2n) is 9.78. The van der Waals surface area contributed by atoms with Crippen LogP contribution in [0.4, 0.5) is 16.2 Å². The van der Waals surface area contributed by atoms with E-state index < -0.39 is 5.60 Å². The van der Waals surface area contributed by atoms with E-state index in [1.54, 1.807) is 16.2 Å². The van der Waals surface area contributed by atoms with Crippen molar-refractivity contribution in [1.29, 1.82) is 0 Å². The molecule has 2 N–H and O–H groups in total. The monoisotopic (exact) mass is 454 g/mol. The van der Waals surface area contributed by atoms with Crippen LogP contribution in [-0.2, 0) is 11.2 Å². The molecule has 7 heteroatoms. The predicted molar refractivity (Wildman–Crippen MR) is 132 cm³/mol. The number of rotatable bonds is 4. The number of thiophene rings is 1. The molecule has 0 unspecified atom stereocenters. The molecule has 1 amide bonds. The van der Waals surface area contributed by atoms with E-state index in [9.17, 15) is 4.79 Å². The summed E-state index contributed by atoms with van der Waals surface area (Å²) in [7, 11) is 1.87. The lowest BCUT2D eigenvalue weighted by Crippen LogP contribution is -2.45. The van der Waals surface area contributed by atoms with Gasteiger partial charge < -0.3 is 20.3 Å². The predicted octanol–water partition coefficient (Wildman–Crippen LogP) is 5.33. The number of anilines is 1. The van der Waals surface area contributed by atoms with Crippen LogP contribution in [0.25, 0.3) is 0 Å².